The van der Waals surface area contributed by atoms with Crippen LogP contribution >= 0.6 is 0 Å². The summed E-state index contributed by atoms with van der Waals surface area (Å²) in [5.41, 5.74) is 2.15. The minimum Gasteiger partial charge on any atom is -0.339 e. The summed E-state index contributed by atoms with van der Waals surface area (Å²) in [6.07, 6.45) is 4.80. The Morgan fingerprint density at radius 2 is 2.04 bits per heavy atom. The molecule has 1 aliphatic heterocycles. The zero-order chi connectivity index (χ0) is 18.5. The van der Waals surface area contributed by atoms with Crippen molar-refractivity contribution in [1.82, 2.24) is 19.6 Å². The molecule has 1 fully saturated rings. The lowest BCUT2D eigenvalue weighted by molar-refractivity contribution is -0.133. The number of benzene rings is 1. The fraction of sp³-hybridized carbons (Fsp3) is 0.450. The third-order valence-electron chi connectivity index (χ3n) is 4.87. The normalized spacial score (nSPS) is 18.1. The van der Waals surface area contributed by atoms with Gasteiger partial charge in [-0.25, -0.2) is 0 Å². The Labute approximate surface area is 154 Å². The standard InChI is InChI=1S/C20H26N4O2/c1-3-18-14-22(20(26)15-23-12-16(2)11-21-23)10-9-19(25)24(18)13-17-7-5-4-6-8-17/h4-8,11-12,18H,3,9-10,13-15H2,1-2H3/t18-/m1/s1. The van der Waals surface area contributed by atoms with E-state index in [-0.39, 0.29) is 24.4 Å². The molecule has 1 atom stereocenters. The highest BCUT2D eigenvalue weighted by Gasteiger charge is 2.30. The molecule has 0 spiro atoms. The first-order valence-corrected chi connectivity index (χ1v) is 9.17. The molecule has 1 aliphatic rings. The Kier molecular flexibility index (Phi) is 5.71. The first-order valence-electron chi connectivity index (χ1n) is 9.17. The lowest BCUT2D eigenvalue weighted by Gasteiger charge is -2.31. The zero-order valence-electron chi connectivity index (χ0n) is 15.5. The topological polar surface area (TPSA) is 58.4 Å². The van der Waals surface area contributed by atoms with Crippen LogP contribution in [0.5, 0.6) is 0 Å². The molecule has 6 heteroatoms. The Bertz CT molecular complexity index is 756. The van der Waals surface area contributed by atoms with Crippen LogP contribution in [-0.2, 0) is 22.7 Å². The van der Waals surface area contributed by atoms with Crippen LogP contribution in [0.15, 0.2) is 42.7 Å². The summed E-state index contributed by atoms with van der Waals surface area (Å²) in [6.45, 7) is 5.89. The van der Waals surface area contributed by atoms with Gasteiger partial charge in [0, 0.05) is 38.3 Å². The molecule has 0 saturated carbocycles. The second-order valence-corrected chi connectivity index (χ2v) is 6.87. The van der Waals surface area contributed by atoms with E-state index in [9.17, 15) is 9.59 Å². The van der Waals surface area contributed by atoms with Crippen molar-refractivity contribution >= 4 is 11.8 Å². The van der Waals surface area contributed by atoms with E-state index in [1.165, 1.54) is 0 Å². The fourth-order valence-corrected chi connectivity index (χ4v) is 3.39. The molecule has 2 heterocycles. The molecule has 0 radical (unpaired) electrons. The minimum absolute atomic E-state index is 0.0147. The largest absolute Gasteiger partial charge is 0.339 e. The third-order valence-corrected chi connectivity index (χ3v) is 4.87. The summed E-state index contributed by atoms with van der Waals surface area (Å²) in [5, 5.41) is 4.19. The van der Waals surface area contributed by atoms with E-state index in [4.69, 9.17) is 0 Å². The minimum atomic E-state index is 0.0147. The van der Waals surface area contributed by atoms with Crippen LogP contribution in [0, 0.1) is 6.92 Å². The van der Waals surface area contributed by atoms with E-state index in [0.29, 0.717) is 26.1 Å². The number of aryl methyl sites for hydroxylation is 1. The molecular formula is C20H26N4O2. The van der Waals surface area contributed by atoms with Crippen molar-refractivity contribution in [2.75, 3.05) is 13.1 Å². The van der Waals surface area contributed by atoms with Gasteiger partial charge in [-0.2, -0.15) is 5.10 Å². The monoisotopic (exact) mass is 354 g/mol. The number of nitrogens with zero attached hydrogens (tertiary/aromatic N) is 4. The van der Waals surface area contributed by atoms with E-state index >= 15 is 0 Å². The summed E-state index contributed by atoms with van der Waals surface area (Å²) in [4.78, 5) is 29.1. The highest BCUT2D eigenvalue weighted by Crippen LogP contribution is 2.18. The molecule has 2 aromatic rings. The second kappa shape index (κ2) is 8.17. The SMILES string of the molecule is CC[C@@H]1CN(C(=O)Cn2cc(C)cn2)CCC(=O)N1Cc1ccccc1. The Morgan fingerprint density at radius 1 is 1.27 bits per heavy atom. The van der Waals surface area contributed by atoms with Crippen molar-refractivity contribution in [2.45, 2.75) is 45.8 Å². The van der Waals surface area contributed by atoms with Crippen molar-refractivity contribution in [3.8, 4) is 0 Å². The van der Waals surface area contributed by atoms with Gasteiger partial charge in [0.15, 0.2) is 0 Å². The molecular weight excluding hydrogens is 328 g/mol. The Hall–Kier alpha value is -2.63. The van der Waals surface area contributed by atoms with Gasteiger partial charge in [-0.05, 0) is 24.5 Å². The second-order valence-electron chi connectivity index (χ2n) is 6.87. The van der Waals surface area contributed by atoms with Crippen molar-refractivity contribution in [2.24, 2.45) is 0 Å². The highest BCUT2D eigenvalue weighted by molar-refractivity contribution is 5.80. The number of rotatable bonds is 5. The van der Waals surface area contributed by atoms with Crippen LogP contribution in [0.2, 0.25) is 0 Å². The maximum absolute atomic E-state index is 12.7. The molecule has 6 nitrogen and oxygen atoms in total. The lowest BCUT2D eigenvalue weighted by atomic mass is 10.1. The van der Waals surface area contributed by atoms with Crippen LogP contribution < -0.4 is 0 Å². The maximum Gasteiger partial charge on any atom is 0.244 e. The molecule has 1 saturated heterocycles. The summed E-state index contributed by atoms with van der Waals surface area (Å²) in [7, 11) is 0. The van der Waals surface area contributed by atoms with E-state index in [1.54, 1.807) is 10.9 Å². The van der Waals surface area contributed by atoms with Gasteiger partial charge in [-0.1, -0.05) is 37.3 Å². The molecule has 1 aromatic carbocycles. The molecule has 0 N–H and O–H groups in total. The van der Waals surface area contributed by atoms with E-state index in [0.717, 1.165) is 17.5 Å². The third kappa shape index (κ3) is 4.31. The van der Waals surface area contributed by atoms with Crippen LogP contribution in [0.3, 0.4) is 0 Å². The predicted molar refractivity (Wildman–Crippen MR) is 99.2 cm³/mol. The number of carbonyl (C=O) groups excluding carboxylic acids is 2. The molecule has 0 unspecified atom stereocenters. The fourth-order valence-electron chi connectivity index (χ4n) is 3.39. The number of hydrogen-bond acceptors (Lipinski definition) is 3. The van der Waals surface area contributed by atoms with E-state index in [2.05, 4.69) is 12.0 Å². The van der Waals surface area contributed by atoms with Crippen molar-refractivity contribution in [3.63, 3.8) is 0 Å². The van der Waals surface area contributed by atoms with Crippen LogP contribution in [0.1, 0.15) is 30.9 Å². The first-order chi connectivity index (χ1) is 12.6. The van der Waals surface area contributed by atoms with Crippen LogP contribution in [0.4, 0.5) is 0 Å². The average Bonchev–Trinajstić information content (AvgIpc) is 2.98. The number of carbonyl (C=O) groups is 2. The maximum atomic E-state index is 12.7. The molecule has 0 bridgehead atoms. The summed E-state index contributed by atoms with van der Waals surface area (Å²) in [6, 6.07) is 10.1. The molecule has 0 aliphatic carbocycles. The first kappa shape index (κ1) is 18.2. The molecule has 138 valence electrons. The number of aromatic nitrogens is 2. The van der Waals surface area contributed by atoms with Gasteiger partial charge in [0.1, 0.15) is 6.54 Å². The smallest absolute Gasteiger partial charge is 0.244 e. The van der Waals surface area contributed by atoms with Crippen molar-refractivity contribution < 1.29 is 9.59 Å². The van der Waals surface area contributed by atoms with Crippen molar-refractivity contribution in [3.05, 3.63) is 53.9 Å². The van der Waals surface area contributed by atoms with Gasteiger partial charge in [-0.15, -0.1) is 0 Å². The summed E-state index contributed by atoms with van der Waals surface area (Å²) < 4.78 is 1.66. The molecule has 2 amide bonds. The quantitative estimate of drug-likeness (QED) is 0.827. The average molecular weight is 354 g/mol. The summed E-state index contributed by atoms with van der Waals surface area (Å²) >= 11 is 0. The van der Waals surface area contributed by atoms with Crippen molar-refractivity contribution in [1.29, 1.82) is 0 Å². The van der Waals surface area contributed by atoms with Crippen LogP contribution in [0.25, 0.3) is 0 Å². The molecule has 3 rings (SSSR count). The van der Waals surface area contributed by atoms with Crippen LogP contribution in [-0.4, -0.2) is 50.5 Å². The van der Waals surface area contributed by atoms with Gasteiger partial charge in [0.25, 0.3) is 0 Å². The van der Waals surface area contributed by atoms with Gasteiger partial charge in [0.2, 0.25) is 11.8 Å². The molecule has 26 heavy (non-hydrogen) atoms. The Balaban J connectivity index is 1.70. The van der Waals surface area contributed by atoms with Gasteiger partial charge < -0.3 is 9.80 Å². The number of hydrogen-bond donors (Lipinski definition) is 0. The number of amides is 2. The van der Waals surface area contributed by atoms with E-state index in [1.807, 2.05) is 53.3 Å². The van der Waals surface area contributed by atoms with Gasteiger partial charge in [-0.3, -0.25) is 14.3 Å². The lowest BCUT2D eigenvalue weighted by Crippen LogP contribution is -2.44. The predicted octanol–water partition coefficient (Wildman–Crippen LogP) is 2.23. The van der Waals surface area contributed by atoms with Gasteiger partial charge >= 0.3 is 0 Å². The van der Waals surface area contributed by atoms with Gasteiger partial charge in [0.05, 0.1) is 6.20 Å². The summed E-state index contributed by atoms with van der Waals surface area (Å²) in [5.74, 6) is 0.131. The molecule has 1 aromatic heterocycles. The van der Waals surface area contributed by atoms with E-state index < -0.39 is 0 Å². The zero-order valence-corrected chi connectivity index (χ0v) is 15.5. The highest BCUT2D eigenvalue weighted by atomic mass is 16.2. The Morgan fingerprint density at radius 3 is 2.69 bits per heavy atom.